The van der Waals surface area contributed by atoms with Gasteiger partial charge in [-0.15, -0.1) is 0 Å². The molecule has 1 amide bonds. The average molecular weight is 298 g/mol. The fraction of sp³-hybridized carbons (Fsp3) is 0.462. The topological polar surface area (TPSA) is 38.3 Å². The van der Waals surface area contributed by atoms with Gasteiger partial charge in [0, 0.05) is 16.9 Å². The van der Waals surface area contributed by atoms with Gasteiger partial charge in [-0.25, -0.2) is 0 Å². The van der Waals surface area contributed by atoms with Gasteiger partial charge in [0.25, 0.3) is 5.91 Å². The molecule has 1 unspecified atom stereocenters. The van der Waals surface area contributed by atoms with Crippen LogP contribution in [-0.4, -0.2) is 17.3 Å². The van der Waals surface area contributed by atoms with Crippen molar-refractivity contribution < 1.29 is 9.53 Å². The van der Waals surface area contributed by atoms with Crippen LogP contribution in [0.2, 0.25) is 0 Å². The zero-order chi connectivity index (χ0) is 12.3. The number of amides is 1. The predicted octanol–water partition coefficient (Wildman–Crippen LogP) is 2.62. The lowest BCUT2D eigenvalue weighted by molar-refractivity contribution is 0.0953. The highest BCUT2D eigenvalue weighted by Crippen LogP contribution is 2.20. The lowest BCUT2D eigenvalue weighted by atomic mass is 10.1. The van der Waals surface area contributed by atoms with Crippen LogP contribution in [0.25, 0.3) is 0 Å². The maximum atomic E-state index is 11.9. The predicted molar refractivity (Wildman–Crippen MR) is 70.3 cm³/mol. The zero-order valence-electron chi connectivity index (χ0n) is 9.83. The number of rotatable bonds is 4. The van der Waals surface area contributed by atoms with E-state index in [1.807, 2.05) is 18.2 Å². The van der Waals surface area contributed by atoms with Gasteiger partial charge in [0.2, 0.25) is 0 Å². The van der Waals surface area contributed by atoms with Crippen molar-refractivity contribution in [1.29, 1.82) is 0 Å². The monoisotopic (exact) mass is 297 g/mol. The third kappa shape index (κ3) is 3.07. The van der Waals surface area contributed by atoms with Crippen LogP contribution in [0, 0.1) is 0 Å². The van der Waals surface area contributed by atoms with Crippen molar-refractivity contribution in [2.75, 3.05) is 6.54 Å². The Balaban J connectivity index is 2.00. The summed E-state index contributed by atoms with van der Waals surface area (Å²) in [6, 6.07) is 5.76. The van der Waals surface area contributed by atoms with Gasteiger partial charge in [-0.1, -0.05) is 28.9 Å². The lowest BCUT2D eigenvalue weighted by Crippen LogP contribution is -2.29. The average Bonchev–Trinajstić information content (AvgIpc) is 2.82. The number of carbonyl (C=O) groups is 1. The van der Waals surface area contributed by atoms with Crippen LogP contribution < -0.4 is 5.32 Å². The Bertz CT molecular complexity index is 420. The quantitative estimate of drug-likeness (QED) is 0.868. The van der Waals surface area contributed by atoms with Gasteiger partial charge in [-0.05, 0) is 29.7 Å². The number of ether oxygens (including phenoxy) is 1. The highest BCUT2D eigenvalue weighted by Gasteiger charge is 2.14. The van der Waals surface area contributed by atoms with Crippen molar-refractivity contribution >= 4 is 21.8 Å². The third-order valence-electron chi connectivity index (χ3n) is 2.91. The van der Waals surface area contributed by atoms with Gasteiger partial charge in [-0.2, -0.15) is 0 Å². The van der Waals surface area contributed by atoms with E-state index in [0.29, 0.717) is 30.1 Å². The molecule has 0 aliphatic carbocycles. The normalized spacial score (nSPS) is 15.4. The van der Waals surface area contributed by atoms with E-state index in [0.717, 1.165) is 12.0 Å². The molecule has 4 heteroatoms. The molecule has 2 rings (SSSR count). The van der Waals surface area contributed by atoms with Crippen LogP contribution >= 0.6 is 15.9 Å². The van der Waals surface area contributed by atoms with Crippen LogP contribution in [0.1, 0.15) is 34.8 Å². The van der Waals surface area contributed by atoms with E-state index in [-0.39, 0.29) is 5.91 Å². The Morgan fingerprint density at radius 1 is 1.47 bits per heavy atom. The van der Waals surface area contributed by atoms with Gasteiger partial charge < -0.3 is 10.1 Å². The molecule has 0 bridgehead atoms. The van der Waals surface area contributed by atoms with Crippen molar-refractivity contribution in [2.24, 2.45) is 0 Å². The molecule has 0 spiro atoms. The first-order valence-electron chi connectivity index (χ1n) is 5.82. The molecule has 0 radical (unpaired) electrons. The Kier molecular flexibility index (Phi) is 4.18. The van der Waals surface area contributed by atoms with E-state index in [9.17, 15) is 4.79 Å². The first-order valence-corrected chi connectivity index (χ1v) is 6.74. The summed E-state index contributed by atoms with van der Waals surface area (Å²) >= 11 is 3.49. The van der Waals surface area contributed by atoms with Crippen molar-refractivity contribution in [2.45, 2.75) is 31.4 Å². The summed E-state index contributed by atoms with van der Waals surface area (Å²) in [5.74, 6) is -0.0161. The summed E-state index contributed by atoms with van der Waals surface area (Å²) < 4.78 is 5.33. The summed E-state index contributed by atoms with van der Waals surface area (Å²) in [6.45, 7) is 4.02. The largest absolute Gasteiger partial charge is 0.372 e. The van der Waals surface area contributed by atoms with Crippen LogP contribution in [0.5, 0.6) is 0 Å². The molecular formula is C13H16BrNO2. The highest BCUT2D eigenvalue weighted by atomic mass is 79.9. The molecule has 1 aromatic rings. The number of nitrogens with one attached hydrogen (secondary N) is 1. The van der Waals surface area contributed by atoms with Crippen molar-refractivity contribution in [3.63, 3.8) is 0 Å². The Labute approximate surface area is 110 Å². The van der Waals surface area contributed by atoms with Gasteiger partial charge in [-0.3, -0.25) is 4.79 Å². The molecule has 17 heavy (non-hydrogen) atoms. The van der Waals surface area contributed by atoms with E-state index in [4.69, 9.17) is 4.74 Å². The fourth-order valence-electron chi connectivity index (χ4n) is 1.76. The van der Waals surface area contributed by atoms with E-state index in [1.165, 1.54) is 5.56 Å². The van der Waals surface area contributed by atoms with Crippen molar-refractivity contribution in [3.8, 4) is 0 Å². The van der Waals surface area contributed by atoms with Crippen molar-refractivity contribution in [3.05, 3.63) is 34.9 Å². The second-order valence-electron chi connectivity index (χ2n) is 4.19. The van der Waals surface area contributed by atoms with E-state index >= 15 is 0 Å². The minimum absolute atomic E-state index is 0.0161. The highest BCUT2D eigenvalue weighted by molar-refractivity contribution is 9.09. The molecule has 1 aliphatic rings. The van der Waals surface area contributed by atoms with E-state index in [2.05, 4.69) is 28.2 Å². The lowest BCUT2D eigenvalue weighted by Gasteiger charge is -2.09. The van der Waals surface area contributed by atoms with Crippen LogP contribution in [0.3, 0.4) is 0 Å². The minimum atomic E-state index is -0.0161. The number of hydrogen-bond acceptors (Lipinski definition) is 2. The van der Waals surface area contributed by atoms with Crippen LogP contribution in [-0.2, 0) is 18.0 Å². The number of alkyl halides is 1. The second-order valence-corrected chi connectivity index (χ2v) is 5.49. The summed E-state index contributed by atoms with van der Waals surface area (Å²) in [7, 11) is 0. The van der Waals surface area contributed by atoms with E-state index in [1.54, 1.807) is 0 Å². The maximum Gasteiger partial charge on any atom is 0.251 e. The maximum absolute atomic E-state index is 11.9. The Hall–Kier alpha value is -0.870. The molecule has 1 atom stereocenters. The standard InChI is InChI=1S/C13H16BrNO2/c1-2-12(14)6-15-13(16)9-3-4-10-7-17-8-11(10)5-9/h3-5,12H,2,6-8H2,1H3,(H,15,16). The summed E-state index contributed by atoms with van der Waals surface area (Å²) in [6.07, 6.45) is 0.998. The van der Waals surface area contributed by atoms with Gasteiger partial charge in [0.15, 0.2) is 0 Å². The Morgan fingerprint density at radius 2 is 2.24 bits per heavy atom. The van der Waals surface area contributed by atoms with Crippen LogP contribution in [0.15, 0.2) is 18.2 Å². The first kappa shape index (κ1) is 12.6. The molecule has 3 nitrogen and oxygen atoms in total. The molecule has 1 N–H and O–H groups in total. The smallest absolute Gasteiger partial charge is 0.251 e. The Morgan fingerprint density at radius 3 is 3.00 bits per heavy atom. The van der Waals surface area contributed by atoms with Gasteiger partial charge >= 0.3 is 0 Å². The molecule has 0 saturated heterocycles. The summed E-state index contributed by atoms with van der Waals surface area (Å²) in [5, 5.41) is 2.91. The molecule has 1 aliphatic heterocycles. The number of fused-ring (bicyclic) bond motifs is 1. The van der Waals surface area contributed by atoms with E-state index < -0.39 is 0 Å². The fourth-order valence-corrected chi connectivity index (χ4v) is 1.92. The molecule has 1 aromatic carbocycles. The molecule has 0 saturated carbocycles. The van der Waals surface area contributed by atoms with Gasteiger partial charge in [0.1, 0.15) is 0 Å². The summed E-state index contributed by atoms with van der Waals surface area (Å²) in [4.78, 5) is 12.2. The number of hydrogen-bond donors (Lipinski definition) is 1. The summed E-state index contributed by atoms with van der Waals surface area (Å²) in [5.41, 5.74) is 3.03. The molecule has 92 valence electrons. The zero-order valence-corrected chi connectivity index (χ0v) is 11.4. The first-order chi connectivity index (χ1) is 8.20. The molecular weight excluding hydrogens is 282 g/mol. The molecule has 0 fully saturated rings. The minimum Gasteiger partial charge on any atom is -0.372 e. The number of benzene rings is 1. The number of carbonyl (C=O) groups excluding carboxylic acids is 1. The van der Waals surface area contributed by atoms with Gasteiger partial charge in [0.05, 0.1) is 13.2 Å². The van der Waals surface area contributed by atoms with Crippen LogP contribution in [0.4, 0.5) is 0 Å². The van der Waals surface area contributed by atoms with Crippen molar-refractivity contribution in [1.82, 2.24) is 5.32 Å². The molecule has 0 aromatic heterocycles. The number of halogens is 1. The molecule has 1 heterocycles. The second kappa shape index (κ2) is 5.65. The third-order valence-corrected chi connectivity index (χ3v) is 3.88. The SMILES string of the molecule is CCC(Br)CNC(=O)c1ccc2c(c1)COC2.